The third kappa shape index (κ3) is 1.96. The summed E-state index contributed by atoms with van der Waals surface area (Å²) in [6.07, 6.45) is 2.33. The first kappa shape index (κ1) is 9.87. The molecule has 0 saturated carbocycles. The van der Waals surface area contributed by atoms with Crippen molar-refractivity contribution < 1.29 is 4.74 Å². The normalized spacial score (nSPS) is 21.4. The highest BCUT2D eigenvalue weighted by molar-refractivity contribution is 5.80. The fourth-order valence-electron chi connectivity index (χ4n) is 2.08. The van der Waals surface area contributed by atoms with Gasteiger partial charge in [-0.15, -0.1) is 0 Å². The first-order chi connectivity index (χ1) is 7.92. The molecule has 1 aromatic heterocycles. The number of aromatic nitrogens is 1. The maximum absolute atomic E-state index is 5.64. The third-order valence-corrected chi connectivity index (χ3v) is 2.87. The number of hydrogen-bond acceptors (Lipinski definition) is 2. The van der Waals surface area contributed by atoms with Crippen molar-refractivity contribution >= 4 is 10.9 Å². The lowest BCUT2D eigenvalue weighted by atomic mass is 10.1. The molecule has 1 unspecified atom stereocenters. The molecule has 1 atom stereocenters. The first-order valence-electron chi connectivity index (χ1n) is 5.67. The maximum Gasteiger partial charge on any atom is 0.0790 e. The minimum atomic E-state index is 0.182. The summed E-state index contributed by atoms with van der Waals surface area (Å²) in [6.45, 7) is 2.65. The van der Waals surface area contributed by atoms with Gasteiger partial charge >= 0.3 is 0 Å². The Hall–Kier alpha value is -1.32. The summed E-state index contributed by atoms with van der Waals surface area (Å²) in [7, 11) is 0. The molecule has 1 aliphatic heterocycles. The number of rotatable bonds is 2. The fraction of sp³-hybridized carbons (Fsp3) is 0.308. The molecule has 1 aliphatic rings. The number of ether oxygens (including phenoxy) is 1. The Bertz CT molecular complexity index is 438. The Labute approximate surface area is 94.8 Å². The summed E-state index contributed by atoms with van der Waals surface area (Å²) in [5.74, 6) is 0. The molecule has 2 N–H and O–H groups in total. The lowest BCUT2D eigenvalue weighted by molar-refractivity contribution is 0.0509. The number of hydrogen-bond donors (Lipinski definition) is 2. The average molecular weight is 215 g/mol. The summed E-state index contributed by atoms with van der Waals surface area (Å²) < 4.78 is 5.64. The Morgan fingerprint density at radius 1 is 1.31 bits per heavy atom. The average Bonchev–Trinajstić information content (AvgIpc) is 2.72. The number of aromatic amines is 1. The van der Waals surface area contributed by atoms with Crippen LogP contribution >= 0.6 is 0 Å². The molecule has 1 aromatic carbocycles. The molecule has 3 heteroatoms. The second-order valence-electron chi connectivity index (χ2n) is 4.09. The van der Waals surface area contributed by atoms with Gasteiger partial charge in [-0.1, -0.05) is 18.2 Å². The topological polar surface area (TPSA) is 37.0 Å². The molecule has 2 heterocycles. The van der Waals surface area contributed by atoms with Gasteiger partial charge in [0.05, 0.1) is 12.7 Å². The molecule has 1 fully saturated rings. The van der Waals surface area contributed by atoms with Crippen LogP contribution in [0.15, 0.2) is 30.3 Å². The SMILES string of the molecule is [CH](c1cc2ccccc2[nH]1)C1CNCCO1. The number of benzene rings is 1. The van der Waals surface area contributed by atoms with Crippen LogP contribution < -0.4 is 5.32 Å². The predicted octanol–water partition coefficient (Wildman–Crippen LogP) is 1.71. The lowest BCUT2D eigenvalue weighted by Crippen LogP contribution is -2.38. The van der Waals surface area contributed by atoms with Crippen molar-refractivity contribution in [3.8, 4) is 0 Å². The van der Waals surface area contributed by atoms with Crippen molar-refractivity contribution in [1.29, 1.82) is 0 Å². The maximum atomic E-state index is 5.64. The molecular formula is C13H15N2O. The van der Waals surface area contributed by atoms with Crippen LogP contribution in [0.1, 0.15) is 5.69 Å². The van der Waals surface area contributed by atoms with Crippen LogP contribution in [0, 0.1) is 6.42 Å². The largest absolute Gasteiger partial charge is 0.375 e. The van der Waals surface area contributed by atoms with Crippen molar-refractivity contribution in [2.24, 2.45) is 0 Å². The van der Waals surface area contributed by atoms with Crippen molar-refractivity contribution in [3.05, 3.63) is 42.4 Å². The zero-order chi connectivity index (χ0) is 10.8. The van der Waals surface area contributed by atoms with Crippen LogP contribution in [0.25, 0.3) is 10.9 Å². The van der Waals surface area contributed by atoms with E-state index >= 15 is 0 Å². The number of nitrogens with one attached hydrogen (secondary N) is 2. The molecule has 3 nitrogen and oxygen atoms in total. The second-order valence-corrected chi connectivity index (χ2v) is 4.09. The van der Waals surface area contributed by atoms with Gasteiger partial charge in [-0.05, 0) is 17.5 Å². The van der Waals surface area contributed by atoms with E-state index in [1.54, 1.807) is 0 Å². The Morgan fingerprint density at radius 3 is 3.06 bits per heavy atom. The van der Waals surface area contributed by atoms with Gasteiger partial charge < -0.3 is 15.0 Å². The van der Waals surface area contributed by atoms with Crippen molar-refractivity contribution in [1.82, 2.24) is 10.3 Å². The van der Waals surface area contributed by atoms with E-state index in [0.29, 0.717) is 0 Å². The van der Waals surface area contributed by atoms with Gasteiger partial charge in [-0.2, -0.15) is 0 Å². The van der Waals surface area contributed by atoms with Crippen LogP contribution in [0.3, 0.4) is 0 Å². The smallest absolute Gasteiger partial charge is 0.0790 e. The van der Waals surface area contributed by atoms with E-state index in [1.807, 2.05) is 6.07 Å². The molecule has 0 amide bonds. The highest BCUT2D eigenvalue weighted by atomic mass is 16.5. The second kappa shape index (κ2) is 4.28. The van der Waals surface area contributed by atoms with Crippen LogP contribution in [0.4, 0.5) is 0 Å². The van der Waals surface area contributed by atoms with E-state index in [1.165, 1.54) is 10.9 Å². The fourth-order valence-corrected chi connectivity index (χ4v) is 2.08. The number of fused-ring (bicyclic) bond motifs is 1. The molecular weight excluding hydrogens is 200 g/mol. The molecule has 0 aliphatic carbocycles. The highest BCUT2D eigenvalue weighted by Gasteiger charge is 2.15. The number of H-pyrrole nitrogens is 1. The molecule has 1 radical (unpaired) electrons. The van der Waals surface area contributed by atoms with Gasteiger partial charge in [-0.3, -0.25) is 0 Å². The molecule has 83 valence electrons. The minimum Gasteiger partial charge on any atom is -0.375 e. The summed E-state index contributed by atoms with van der Waals surface area (Å²) in [6, 6.07) is 10.5. The molecule has 3 rings (SSSR count). The van der Waals surface area contributed by atoms with Crippen LogP contribution in [-0.4, -0.2) is 30.8 Å². The van der Waals surface area contributed by atoms with E-state index in [2.05, 4.69) is 41.0 Å². The van der Waals surface area contributed by atoms with Crippen LogP contribution in [0.2, 0.25) is 0 Å². The Balaban J connectivity index is 1.78. The van der Waals surface area contributed by atoms with E-state index in [9.17, 15) is 0 Å². The monoisotopic (exact) mass is 215 g/mol. The van der Waals surface area contributed by atoms with Crippen LogP contribution in [-0.2, 0) is 4.74 Å². The summed E-state index contributed by atoms with van der Waals surface area (Å²) in [5, 5.41) is 4.57. The Morgan fingerprint density at radius 2 is 2.25 bits per heavy atom. The summed E-state index contributed by atoms with van der Waals surface area (Å²) >= 11 is 0. The molecule has 1 saturated heterocycles. The van der Waals surface area contributed by atoms with Crippen molar-refractivity contribution in [2.45, 2.75) is 6.10 Å². The number of para-hydroxylation sites is 1. The van der Waals surface area contributed by atoms with Gasteiger partial charge in [0, 0.05) is 30.7 Å². The van der Waals surface area contributed by atoms with Gasteiger partial charge in [-0.25, -0.2) is 0 Å². The van der Waals surface area contributed by atoms with E-state index in [4.69, 9.17) is 4.74 Å². The minimum absolute atomic E-state index is 0.182. The third-order valence-electron chi connectivity index (χ3n) is 2.87. The van der Waals surface area contributed by atoms with E-state index in [0.717, 1.165) is 25.4 Å². The van der Waals surface area contributed by atoms with Gasteiger partial charge in [0.1, 0.15) is 0 Å². The summed E-state index contributed by atoms with van der Waals surface area (Å²) in [4.78, 5) is 3.38. The Kier molecular flexibility index (Phi) is 2.64. The molecule has 0 spiro atoms. The highest BCUT2D eigenvalue weighted by Crippen LogP contribution is 2.17. The summed E-state index contributed by atoms with van der Waals surface area (Å²) in [5.41, 5.74) is 2.31. The van der Waals surface area contributed by atoms with E-state index < -0.39 is 0 Å². The molecule has 16 heavy (non-hydrogen) atoms. The first-order valence-corrected chi connectivity index (χ1v) is 5.67. The van der Waals surface area contributed by atoms with Gasteiger partial charge in [0.25, 0.3) is 0 Å². The number of morpholine rings is 1. The molecule has 0 bridgehead atoms. The lowest BCUT2D eigenvalue weighted by Gasteiger charge is -2.22. The predicted molar refractivity (Wildman–Crippen MR) is 64.3 cm³/mol. The molecule has 2 aromatic rings. The standard InChI is InChI=1S/C13H15N2O/c1-2-4-13-10(3-1)7-11(15-13)8-12-9-14-5-6-16-12/h1-4,7-8,12,14-15H,5-6,9H2. The van der Waals surface area contributed by atoms with Gasteiger partial charge in [0.2, 0.25) is 0 Å². The zero-order valence-corrected chi connectivity index (χ0v) is 9.07. The van der Waals surface area contributed by atoms with Crippen LogP contribution in [0.5, 0.6) is 0 Å². The van der Waals surface area contributed by atoms with Gasteiger partial charge in [0.15, 0.2) is 0 Å². The quantitative estimate of drug-likeness (QED) is 0.800. The van der Waals surface area contributed by atoms with Crippen molar-refractivity contribution in [2.75, 3.05) is 19.7 Å². The zero-order valence-electron chi connectivity index (χ0n) is 9.07. The van der Waals surface area contributed by atoms with Crippen molar-refractivity contribution in [3.63, 3.8) is 0 Å². The van der Waals surface area contributed by atoms with E-state index in [-0.39, 0.29) is 6.10 Å².